The Morgan fingerprint density at radius 2 is 2.00 bits per heavy atom. The third-order valence-electron chi connectivity index (χ3n) is 2.29. The van der Waals surface area contributed by atoms with Gasteiger partial charge in [0.25, 0.3) is 0 Å². The van der Waals surface area contributed by atoms with Gasteiger partial charge in [0, 0.05) is 12.0 Å². The van der Waals surface area contributed by atoms with E-state index in [1.807, 2.05) is 0 Å². The molecule has 1 rings (SSSR count). The van der Waals surface area contributed by atoms with Crippen molar-refractivity contribution in [2.24, 2.45) is 0 Å². The molecule has 0 radical (unpaired) electrons. The van der Waals surface area contributed by atoms with Crippen molar-refractivity contribution in [1.82, 2.24) is 9.97 Å². The molecule has 0 aliphatic rings. The Bertz CT molecular complexity index is 426. The zero-order chi connectivity index (χ0) is 13.9. The highest BCUT2D eigenvalue weighted by atomic mass is 35.5. The molecule has 0 aliphatic carbocycles. The molecule has 0 fully saturated rings. The van der Waals surface area contributed by atoms with Gasteiger partial charge < -0.3 is 10.4 Å². The Balaban J connectivity index is 2.82. The molecule has 0 bridgehead atoms. The molecule has 2 N–H and O–H groups in total. The molecular weight excluding hydrogens is 271 g/mol. The van der Waals surface area contributed by atoms with E-state index in [1.54, 1.807) is 13.8 Å². The average molecular weight is 284 g/mol. The molecule has 0 aromatic carbocycles. The molecule has 1 heterocycles. The van der Waals surface area contributed by atoms with Gasteiger partial charge in [-0.15, -0.1) is 0 Å². The first-order chi connectivity index (χ1) is 8.25. The fourth-order valence-corrected chi connectivity index (χ4v) is 1.36. The van der Waals surface area contributed by atoms with Crippen LogP contribution in [-0.4, -0.2) is 33.9 Å². The maximum atomic E-state index is 12.1. The molecule has 0 aliphatic heterocycles. The fourth-order valence-electron chi connectivity index (χ4n) is 1.17. The number of nitrogens with zero attached hydrogens (tertiary/aromatic N) is 2. The van der Waals surface area contributed by atoms with E-state index in [2.05, 4.69) is 15.3 Å². The van der Waals surface area contributed by atoms with Gasteiger partial charge in [-0.25, -0.2) is 9.97 Å². The summed E-state index contributed by atoms with van der Waals surface area (Å²) in [5.74, 6) is 0.629. The van der Waals surface area contributed by atoms with Gasteiger partial charge in [0.05, 0.1) is 6.54 Å². The van der Waals surface area contributed by atoms with E-state index in [-0.39, 0.29) is 11.0 Å². The van der Waals surface area contributed by atoms with Crippen LogP contribution in [0, 0.1) is 6.92 Å². The summed E-state index contributed by atoms with van der Waals surface area (Å²) in [5.41, 5.74) is 0.447. The molecule has 0 saturated carbocycles. The third-order valence-corrected chi connectivity index (χ3v) is 2.66. The molecular formula is C10H13ClF3N3O. The van der Waals surface area contributed by atoms with Crippen LogP contribution >= 0.6 is 11.6 Å². The highest BCUT2D eigenvalue weighted by Crippen LogP contribution is 2.23. The van der Waals surface area contributed by atoms with E-state index < -0.39 is 18.8 Å². The number of aryl methyl sites for hydroxylation is 1. The van der Waals surface area contributed by atoms with Crippen molar-refractivity contribution in [3.63, 3.8) is 0 Å². The minimum absolute atomic E-state index is 0.186. The summed E-state index contributed by atoms with van der Waals surface area (Å²) in [6.07, 6.45) is -6.60. The number of hydrogen-bond donors (Lipinski definition) is 2. The zero-order valence-corrected chi connectivity index (χ0v) is 10.6. The van der Waals surface area contributed by atoms with E-state index >= 15 is 0 Å². The van der Waals surface area contributed by atoms with Crippen molar-refractivity contribution in [2.75, 3.05) is 11.9 Å². The summed E-state index contributed by atoms with van der Waals surface area (Å²) in [5, 5.41) is 11.5. The number of aromatic nitrogens is 2. The molecule has 1 atom stereocenters. The fraction of sp³-hybridized carbons (Fsp3) is 0.600. The first kappa shape index (κ1) is 15.0. The van der Waals surface area contributed by atoms with Gasteiger partial charge in [-0.05, 0) is 6.92 Å². The summed E-state index contributed by atoms with van der Waals surface area (Å²) in [6.45, 7) is 2.71. The van der Waals surface area contributed by atoms with Crippen molar-refractivity contribution in [1.29, 1.82) is 0 Å². The highest BCUT2D eigenvalue weighted by molar-refractivity contribution is 6.30. The summed E-state index contributed by atoms with van der Waals surface area (Å²) in [6, 6.07) is 0. The molecule has 0 amide bonds. The van der Waals surface area contributed by atoms with Crippen LogP contribution in [0.1, 0.15) is 18.3 Å². The van der Waals surface area contributed by atoms with E-state index in [9.17, 15) is 13.2 Å². The molecule has 102 valence electrons. The van der Waals surface area contributed by atoms with Crippen LogP contribution in [-0.2, 0) is 6.42 Å². The van der Waals surface area contributed by atoms with Crippen molar-refractivity contribution in [3.05, 3.63) is 16.5 Å². The van der Waals surface area contributed by atoms with Crippen LogP contribution in [0.2, 0.25) is 5.15 Å². The maximum Gasteiger partial charge on any atom is 0.416 e. The topological polar surface area (TPSA) is 58.0 Å². The lowest BCUT2D eigenvalue weighted by Crippen LogP contribution is -2.35. The Hall–Kier alpha value is -1.08. The van der Waals surface area contributed by atoms with Crippen molar-refractivity contribution in [2.45, 2.75) is 32.5 Å². The predicted octanol–water partition coefficient (Wildman–Crippen LogP) is 2.34. The first-order valence-electron chi connectivity index (χ1n) is 5.27. The number of rotatable bonds is 4. The van der Waals surface area contributed by atoms with Gasteiger partial charge in [-0.2, -0.15) is 13.2 Å². The Labute approximate surface area is 107 Å². The van der Waals surface area contributed by atoms with Crippen molar-refractivity contribution in [3.8, 4) is 0 Å². The van der Waals surface area contributed by atoms with E-state index in [0.29, 0.717) is 17.8 Å². The SMILES string of the molecule is CCc1nc(Cl)c(C)c(NCC(O)C(F)(F)F)n1. The summed E-state index contributed by atoms with van der Waals surface area (Å²) >= 11 is 5.83. The van der Waals surface area contributed by atoms with Crippen LogP contribution in [0.25, 0.3) is 0 Å². The number of hydrogen-bond acceptors (Lipinski definition) is 4. The largest absolute Gasteiger partial charge is 0.416 e. The van der Waals surface area contributed by atoms with Gasteiger partial charge in [0.2, 0.25) is 0 Å². The van der Waals surface area contributed by atoms with Gasteiger partial charge in [0.15, 0.2) is 6.10 Å². The first-order valence-corrected chi connectivity index (χ1v) is 5.65. The smallest absolute Gasteiger partial charge is 0.382 e. The lowest BCUT2D eigenvalue weighted by atomic mass is 10.3. The van der Waals surface area contributed by atoms with Crippen molar-refractivity contribution < 1.29 is 18.3 Å². The monoisotopic (exact) mass is 283 g/mol. The number of alkyl halides is 3. The highest BCUT2D eigenvalue weighted by Gasteiger charge is 2.38. The minimum atomic E-state index is -4.66. The molecule has 18 heavy (non-hydrogen) atoms. The lowest BCUT2D eigenvalue weighted by Gasteiger charge is -2.16. The average Bonchev–Trinajstić information content (AvgIpc) is 2.29. The van der Waals surface area contributed by atoms with Gasteiger partial charge in [-0.1, -0.05) is 18.5 Å². The second-order valence-electron chi connectivity index (χ2n) is 3.70. The molecule has 4 nitrogen and oxygen atoms in total. The number of anilines is 1. The van der Waals surface area contributed by atoms with E-state index in [1.165, 1.54) is 0 Å². The van der Waals surface area contributed by atoms with Crippen LogP contribution in [0.3, 0.4) is 0 Å². The molecule has 1 aromatic rings. The standard InChI is InChI=1S/C10H13ClF3N3O/c1-3-7-16-8(11)5(2)9(17-7)15-4-6(18)10(12,13)14/h6,18H,3-4H2,1-2H3,(H,15,16,17). The second kappa shape index (κ2) is 5.71. The second-order valence-corrected chi connectivity index (χ2v) is 4.05. The van der Waals surface area contributed by atoms with Crippen LogP contribution in [0.4, 0.5) is 19.0 Å². The third kappa shape index (κ3) is 3.71. The van der Waals surface area contributed by atoms with Gasteiger partial charge >= 0.3 is 6.18 Å². The van der Waals surface area contributed by atoms with Crippen molar-refractivity contribution >= 4 is 17.4 Å². The zero-order valence-electron chi connectivity index (χ0n) is 9.85. The Morgan fingerprint density at radius 1 is 1.39 bits per heavy atom. The van der Waals surface area contributed by atoms with Crippen LogP contribution in [0.5, 0.6) is 0 Å². The molecule has 1 aromatic heterocycles. The number of aliphatic hydroxyl groups excluding tert-OH is 1. The molecule has 1 unspecified atom stereocenters. The molecule has 0 spiro atoms. The minimum Gasteiger partial charge on any atom is -0.382 e. The number of halogens is 4. The number of nitrogens with one attached hydrogen (secondary N) is 1. The maximum absolute atomic E-state index is 12.1. The van der Waals surface area contributed by atoms with Crippen LogP contribution in [0.15, 0.2) is 0 Å². The van der Waals surface area contributed by atoms with Gasteiger partial charge in [-0.3, -0.25) is 0 Å². The normalized spacial score (nSPS) is 13.5. The van der Waals surface area contributed by atoms with E-state index in [4.69, 9.17) is 16.7 Å². The summed E-state index contributed by atoms with van der Waals surface area (Å²) < 4.78 is 36.4. The Kier molecular flexibility index (Phi) is 4.75. The summed E-state index contributed by atoms with van der Waals surface area (Å²) in [7, 11) is 0. The van der Waals surface area contributed by atoms with E-state index in [0.717, 1.165) is 0 Å². The number of aliphatic hydroxyl groups is 1. The molecule has 0 saturated heterocycles. The molecule has 8 heteroatoms. The lowest BCUT2D eigenvalue weighted by molar-refractivity contribution is -0.198. The Morgan fingerprint density at radius 3 is 2.50 bits per heavy atom. The quantitative estimate of drug-likeness (QED) is 0.833. The van der Waals surface area contributed by atoms with Crippen LogP contribution < -0.4 is 5.32 Å². The predicted molar refractivity (Wildman–Crippen MR) is 61.7 cm³/mol. The van der Waals surface area contributed by atoms with Gasteiger partial charge in [0.1, 0.15) is 16.8 Å². The summed E-state index contributed by atoms with van der Waals surface area (Å²) in [4.78, 5) is 7.98.